The van der Waals surface area contributed by atoms with Crippen LogP contribution in [0.3, 0.4) is 0 Å². The molecule has 3 heteroatoms. The molecule has 0 aliphatic heterocycles. The van der Waals surface area contributed by atoms with Gasteiger partial charge in [-0.1, -0.05) is 0 Å². The highest BCUT2D eigenvalue weighted by molar-refractivity contribution is 7.47. The fraction of sp³-hybridized carbons (Fsp3) is 0.500. The van der Waals surface area contributed by atoms with E-state index in [1.54, 1.807) is 0 Å². The predicted molar refractivity (Wildman–Crippen MR) is 20.7 cm³/mol. The van der Waals surface area contributed by atoms with Crippen LogP contribution in [0.1, 0.15) is 0 Å². The molecule has 0 aromatic heterocycles. The Morgan fingerprint density at radius 1 is 2.00 bits per heavy atom. The monoisotopic (exact) mass is 89.0 g/mol. The molecule has 0 radical (unpaired) electrons. The average molecular weight is 89.1 g/mol. The Hall–Kier alpha value is -0.310. The molecule has 0 bridgehead atoms. The van der Waals surface area contributed by atoms with E-state index in [2.05, 4.69) is 16.8 Å². The topological polar surface area (TPSA) is 29.4 Å². The molecule has 0 N–H and O–H groups in total. The maximum atomic E-state index is 9.24. The average Bonchev–Trinajstić information content (AvgIpc) is 1.41. The van der Waals surface area contributed by atoms with Crippen LogP contribution in [0.15, 0.2) is 4.36 Å². The first-order valence-corrected chi connectivity index (χ1v) is 1.51. The van der Waals surface area contributed by atoms with Gasteiger partial charge in [-0.15, -0.1) is 0 Å². The number of carbonyl (C=O) groups excluding carboxylic acids is 1. The molecular formula is C2H3NOS. The molecule has 0 heterocycles. The minimum atomic E-state index is 0.148. The summed E-state index contributed by atoms with van der Waals surface area (Å²) in [5.41, 5.74) is 0. The van der Waals surface area contributed by atoms with Gasteiger partial charge in [-0.25, -0.2) is 4.36 Å². The molecule has 0 fully saturated rings. The molecular weight excluding hydrogens is 86.1 g/mol. The van der Waals surface area contributed by atoms with Crippen molar-refractivity contribution < 1.29 is 4.79 Å². The Balaban J connectivity index is 2.65. The van der Waals surface area contributed by atoms with Gasteiger partial charge in [0.25, 0.3) is 0 Å². The number of nitrogens with zero attached hydrogens (tertiary/aromatic N) is 1. The Kier molecular flexibility index (Phi) is 3.46. The van der Waals surface area contributed by atoms with Crippen molar-refractivity contribution in [3.05, 3.63) is 0 Å². The summed E-state index contributed by atoms with van der Waals surface area (Å²) in [6, 6.07) is 0. The van der Waals surface area contributed by atoms with Crippen molar-refractivity contribution in [2.75, 3.05) is 6.54 Å². The van der Waals surface area contributed by atoms with Crippen molar-refractivity contribution in [2.45, 2.75) is 0 Å². The van der Waals surface area contributed by atoms with E-state index in [4.69, 9.17) is 0 Å². The van der Waals surface area contributed by atoms with Crippen molar-refractivity contribution in [1.82, 2.24) is 0 Å². The molecule has 0 saturated heterocycles. The largest absolute Gasteiger partial charge is 0.301 e. The van der Waals surface area contributed by atoms with Crippen molar-refractivity contribution in [1.29, 1.82) is 0 Å². The van der Waals surface area contributed by atoms with E-state index in [-0.39, 0.29) is 6.54 Å². The highest BCUT2D eigenvalue weighted by Gasteiger charge is 1.61. The van der Waals surface area contributed by atoms with Crippen LogP contribution >= 0.6 is 0 Å². The quantitative estimate of drug-likeness (QED) is 0.443. The highest BCUT2D eigenvalue weighted by atomic mass is 32.1. The van der Waals surface area contributed by atoms with Crippen LogP contribution in [0.25, 0.3) is 0 Å². The summed E-state index contributed by atoms with van der Waals surface area (Å²) in [6.07, 6.45) is 0.660. The third-order valence-corrected chi connectivity index (χ3v) is 0.298. The van der Waals surface area contributed by atoms with E-state index >= 15 is 0 Å². The maximum absolute atomic E-state index is 9.24. The van der Waals surface area contributed by atoms with Crippen molar-refractivity contribution in [3.63, 3.8) is 0 Å². The van der Waals surface area contributed by atoms with Gasteiger partial charge < -0.3 is 4.79 Å². The zero-order valence-corrected chi connectivity index (χ0v) is 3.36. The first-order valence-electron chi connectivity index (χ1n) is 1.14. The van der Waals surface area contributed by atoms with Gasteiger partial charge in [-0.2, -0.15) is 0 Å². The lowest BCUT2D eigenvalue weighted by Crippen LogP contribution is -1.72. The second kappa shape index (κ2) is 3.69. The molecule has 0 amide bonds. The Morgan fingerprint density at radius 2 is 2.60 bits per heavy atom. The Morgan fingerprint density at radius 3 is 2.60 bits per heavy atom. The zero-order chi connectivity index (χ0) is 4.12. The molecule has 0 unspecified atom stereocenters. The number of carbonyl (C=O) groups is 1. The summed E-state index contributed by atoms with van der Waals surface area (Å²) >= 11 is 4.04. The molecule has 0 aromatic carbocycles. The minimum Gasteiger partial charge on any atom is -0.301 e. The van der Waals surface area contributed by atoms with Gasteiger partial charge in [-0.3, -0.25) is 0 Å². The van der Waals surface area contributed by atoms with E-state index in [0.717, 1.165) is 0 Å². The Bertz CT molecular complexity index is 38.9. The van der Waals surface area contributed by atoms with E-state index in [9.17, 15) is 4.79 Å². The summed E-state index contributed by atoms with van der Waals surface area (Å²) in [5.74, 6) is 0. The normalized spacial score (nSPS) is 6.40. The third-order valence-electron chi connectivity index (χ3n) is 0.149. The van der Waals surface area contributed by atoms with Gasteiger partial charge >= 0.3 is 0 Å². The number of aldehydes is 1. The molecule has 0 aromatic rings. The highest BCUT2D eigenvalue weighted by Crippen LogP contribution is 1.50. The van der Waals surface area contributed by atoms with Crippen molar-refractivity contribution in [2.24, 2.45) is 4.36 Å². The minimum absolute atomic E-state index is 0.148. The second-order valence-electron chi connectivity index (χ2n) is 0.478. The van der Waals surface area contributed by atoms with Crippen molar-refractivity contribution in [3.8, 4) is 0 Å². The van der Waals surface area contributed by atoms with Crippen LogP contribution in [0.5, 0.6) is 0 Å². The summed E-state index contributed by atoms with van der Waals surface area (Å²) < 4.78 is 3.07. The van der Waals surface area contributed by atoms with Crippen LogP contribution in [-0.4, -0.2) is 12.8 Å². The molecule has 0 saturated carbocycles. The van der Waals surface area contributed by atoms with E-state index in [1.165, 1.54) is 0 Å². The molecule has 28 valence electrons. The maximum Gasteiger partial charge on any atom is 0.142 e. The standard InChI is InChI=1S/C2H3NOS/c4-2-1-3-5/h2H,1H2. The second-order valence-corrected chi connectivity index (χ2v) is 0.737. The summed E-state index contributed by atoms with van der Waals surface area (Å²) in [5, 5.41) is 0. The molecule has 0 spiro atoms. The molecule has 2 nitrogen and oxygen atoms in total. The van der Waals surface area contributed by atoms with Crippen LogP contribution in [0, 0.1) is 0 Å². The SMILES string of the molecule is O=CCN=S. The van der Waals surface area contributed by atoms with Gasteiger partial charge in [0.05, 0.1) is 0 Å². The molecule has 0 aliphatic rings. The van der Waals surface area contributed by atoms with Gasteiger partial charge in [0, 0.05) is 12.4 Å². The number of rotatable bonds is 2. The zero-order valence-electron chi connectivity index (χ0n) is 2.55. The number of hydrogen-bond acceptors (Lipinski definition) is 3. The summed E-state index contributed by atoms with van der Waals surface area (Å²) in [6.45, 7) is 0.148. The van der Waals surface area contributed by atoms with Gasteiger partial charge in [0.1, 0.15) is 12.8 Å². The smallest absolute Gasteiger partial charge is 0.142 e. The summed E-state index contributed by atoms with van der Waals surface area (Å²) in [7, 11) is 0. The predicted octanol–water partition coefficient (Wildman–Crippen LogP) is -0.0842. The van der Waals surface area contributed by atoms with E-state index in [1.807, 2.05) is 0 Å². The first kappa shape index (κ1) is 4.69. The van der Waals surface area contributed by atoms with Gasteiger partial charge in [0.15, 0.2) is 0 Å². The van der Waals surface area contributed by atoms with Crippen LogP contribution in [-0.2, 0) is 17.2 Å². The van der Waals surface area contributed by atoms with Crippen LogP contribution < -0.4 is 0 Å². The van der Waals surface area contributed by atoms with Crippen LogP contribution in [0.2, 0.25) is 0 Å². The van der Waals surface area contributed by atoms with E-state index in [0.29, 0.717) is 6.29 Å². The molecule has 0 atom stereocenters. The van der Waals surface area contributed by atoms with Gasteiger partial charge in [-0.05, 0) is 0 Å². The lowest BCUT2D eigenvalue weighted by atomic mass is 10.8. The third kappa shape index (κ3) is 3.69. The fourth-order valence-electron chi connectivity index (χ4n) is 0.0304. The number of hydrogen-bond donors (Lipinski definition) is 0. The molecule has 0 rings (SSSR count). The molecule has 5 heavy (non-hydrogen) atoms. The van der Waals surface area contributed by atoms with Crippen LogP contribution in [0.4, 0.5) is 0 Å². The lowest BCUT2D eigenvalue weighted by Gasteiger charge is -1.58. The fourth-order valence-corrected chi connectivity index (χ4v) is 0.0913. The van der Waals surface area contributed by atoms with E-state index < -0.39 is 0 Å². The summed E-state index contributed by atoms with van der Waals surface area (Å²) in [4.78, 5) is 9.24. The van der Waals surface area contributed by atoms with Crippen molar-refractivity contribution >= 4 is 18.7 Å². The Labute approximate surface area is 35.4 Å². The van der Waals surface area contributed by atoms with Gasteiger partial charge in [0.2, 0.25) is 0 Å². The molecule has 0 aliphatic carbocycles. The first-order chi connectivity index (χ1) is 2.41. The lowest BCUT2D eigenvalue weighted by molar-refractivity contribution is -0.106.